The van der Waals surface area contributed by atoms with Crippen molar-refractivity contribution in [1.29, 1.82) is 0 Å². The van der Waals surface area contributed by atoms with Gasteiger partial charge in [-0.15, -0.1) is 0 Å². The van der Waals surface area contributed by atoms with Gasteiger partial charge in [-0.3, -0.25) is 4.98 Å². The van der Waals surface area contributed by atoms with Gasteiger partial charge in [0.05, 0.1) is 19.0 Å². The minimum Gasteiger partial charge on any atom is -0.505 e. The molecule has 2 aromatic rings. The number of carboxylic acid groups (broad SMARTS) is 1. The van der Waals surface area contributed by atoms with Crippen LogP contribution in [0.1, 0.15) is 10.4 Å². The van der Waals surface area contributed by atoms with E-state index in [0.29, 0.717) is 11.3 Å². The molecule has 19 heavy (non-hydrogen) atoms. The van der Waals surface area contributed by atoms with Crippen molar-refractivity contribution in [2.45, 2.75) is 0 Å². The first-order valence-electron chi connectivity index (χ1n) is 5.29. The molecule has 6 heteroatoms. The molecule has 0 aliphatic rings. The van der Waals surface area contributed by atoms with Gasteiger partial charge in [0.15, 0.2) is 0 Å². The van der Waals surface area contributed by atoms with Crippen LogP contribution in [-0.2, 0) is 0 Å². The third-order valence-electron chi connectivity index (χ3n) is 2.55. The highest BCUT2D eigenvalue weighted by molar-refractivity contribution is 5.92. The van der Waals surface area contributed by atoms with Gasteiger partial charge in [-0.25, -0.2) is 9.18 Å². The molecule has 1 heterocycles. The van der Waals surface area contributed by atoms with Crippen molar-refractivity contribution in [2.75, 3.05) is 7.11 Å². The van der Waals surface area contributed by atoms with Crippen LogP contribution in [0.15, 0.2) is 30.5 Å². The van der Waals surface area contributed by atoms with Crippen LogP contribution in [0.2, 0.25) is 0 Å². The molecule has 0 saturated carbocycles. The lowest BCUT2D eigenvalue weighted by Crippen LogP contribution is -1.99. The molecule has 0 unspecified atom stereocenters. The van der Waals surface area contributed by atoms with E-state index >= 15 is 0 Å². The van der Waals surface area contributed by atoms with Crippen molar-refractivity contribution >= 4 is 5.97 Å². The van der Waals surface area contributed by atoms with Crippen LogP contribution in [0.3, 0.4) is 0 Å². The second-order valence-electron chi connectivity index (χ2n) is 3.74. The number of hydrogen-bond acceptors (Lipinski definition) is 4. The summed E-state index contributed by atoms with van der Waals surface area (Å²) in [6, 6.07) is 4.99. The van der Waals surface area contributed by atoms with E-state index in [1.54, 1.807) is 0 Å². The molecule has 98 valence electrons. The monoisotopic (exact) mass is 263 g/mol. The van der Waals surface area contributed by atoms with Crippen molar-refractivity contribution in [3.8, 4) is 22.8 Å². The molecular formula is C13H10FNO4. The van der Waals surface area contributed by atoms with E-state index < -0.39 is 17.5 Å². The zero-order valence-electron chi connectivity index (χ0n) is 9.92. The number of nitrogens with zero attached hydrogens (tertiary/aromatic N) is 1. The lowest BCUT2D eigenvalue weighted by atomic mass is 10.1. The summed E-state index contributed by atoms with van der Waals surface area (Å²) in [6.07, 6.45) is 1.00. The second kappa shape index (κ2) is 4.93. The Morgan fingerprint density at radius 1 is 1.37 bits per heavy atom. The van der Waals surface area contributed by atoms with Gasteiger partial charge in [0, 0.05) is 5.56 Å². The van der Waals surface area contributed by atoms with Crippen molar-refractivity contribution in [2.24, 2.45) is 0 Å². The summed E-state index contributed by atoms with van der Waals surface area (Å²) >= 11 is 0. The number of methoxy groups -OCH3 is 1. The van der Waals surface area contributed by atoms with E-state index in [1.807, 2.05) is 0 Å². The number of pyridine rings is 1. The number of aromatic hydroxyl groups is 1. The van der Waals surface area contributed by atoms with E-state index in [2.05, 4.69) is 4.98 Å². The normalized spacial score (nSPS) is 10.2. The fourth-order valence-electron chi connectivity index (χ4n) is 1.65. The van der Waals surface area contributed by atoms with Crippen LogP contribution in [0.5, 0.6) is 11.5 Å². The van der Waals surface area contributed by atoms with Gasteiger partial charge in [-0.2, -0.15) is 0 Å². The highest BCUT2D eigenvalue weighted by Gasteiger charge is 2.15. The van der Waals surface area contributed by atoms with Crippen LogP contribution in [0.4, 0.5) is 4.39 Å². The molecule has 0 bridgehead atoms. The SMILES string of the molecule is COc1ccc(F)cc1-c1cc(C(=O)O)c(O)cn1. The predicted octanol–water partition coefficient (Wildman–Crippen LogP) is 2.30. The first-order valence-corrected chi connectivity index (χ1v) is 5.29. The number of aromatic carboxylic acids is 1. The Morgan fingerprint density at radius 3 is 2.74 bits per heavy atom. The number of rotatable bonds is 3. The number of aromatic nitrogens is 1. The van der Waals surface area contributed by atoms with Gasteiger partial charge >= 0.3 is 5.97 Å². The first-order chi connectivity index (χ1) is 9.02. The molecule has 0 radical (unpaired) electrons. The van der Waals surface area contributed by atoms with Crippen LogP contribution in [-0.4, -0.2) is 28.3 Å². The molecule has 0 aliphatic heterocycles. The molecule has 5 nitrogen and oxygen atoms in total. The molecular weight excluding hydrogens is 253 g/mol. The molecule has 0 atom stereocenters. The van der Waals surface area contributed by atoms with Crippen LogP contribution in [0, 0.1) is 5.82 Å². The van der Waals surface area contributed by atoms with Crippen molar-refractivity contribution in [3.05, 3.63) is 41.8 Å². The number of carbonyl (C=O) groups is 1. The second-order valence-corrected chi connectivity index (χ2v) is 3.74. The number of hydrogen-bond donors (Lipinski definition) is 2. The molecule has 0 amide bonds. The maximum absolute atomic E-state index is 13.3. The zero-order chi connectivity index (χ0) is 14.0. The first kappa shape index (κ1) is 12.8. The molecule has 0 saturated heterocycles. The van der Waals surface area contributed by atoms with E-state index in [4.69, 9.17) is 9.84 Å². The van der Waals surface area contributed by atoms with E-state index in [9.17, 15) is 14.3 Å². The Labute approximate surface area is 107 Å². The van der Waals surface area contributed by atoms with Crippen molar-refractivity contribution in [1.82, 2.24) is 4.98 Å². The fourth-order valence-corrected chi connectivity index (χ4v) is 1.65. The number of halogens is 1. The quantitative estimate of drug-likeness (QED) is 0.888. The van der Waals surface area contributed by atoms with Gasteiger partial charge in [-0.05, 0) is 24.3 Å². The minimum absolute atomic E-state index is 0.201. The summed E-state index contributed by atoms with van der Waals surface area (Å²) in [6.45, 7) is 0. The standard InChI is InChI=1S/C13H10FNO4/c1-19-12-3-2-7(14)4-8(12)10-5-9(13(17)18)11(16)6-15-10/h2-6,16H,1H3,(H,17,18). The maximum atomic E-state index is 13.3. The Kier molecular flexibility index (Phi) is 3.33. The molecule has 0 spiro atoms. The molecule has 1 aromatic heterocycles. The third kappa shape index (κ3) is 2.47. The summed E-state index contributed by atoms with van der Waals surface area (Å²) in [7, 11) is 1.41. The van der Waals surface area contributed by atoms with Crippen LogP contribution >= 0.6 is 0 Å². The molecule has 2 rings (SSSR count). The topological polar surface area (TPSA) is 79.7 Å². The van der Waals surface area contributed by atoms with Crippen LogP contribution < -0.4 is 4.74 Å². The predicted molar refractivity (Wildman–Crippen MR) is 64.8 cm³/mol. The average molecular weight is 263 g/mol. The summed E-state index contributed by atoms with van der Waals surface area (Å²) in [5.41, 5.74) is 0.202. The maximum Gasteiger partial charge on any atom is 0.339 e. The summed E-state index contributed by atoms with van der Waals surface area (Å²) < 4.78 is 18.3. The Balaban J connectivity index is 2.62. The Morgan fingerprint density at radius 2 is 2.11 bits per heavy atom. The lowest BCUT2D eigenvalue weighted by molar-refractivity contribution is 0.0693. The van der Waals surface area contributed by atoms with E-state index in [1.165, 1.54) is 25.3 Å². The van der Waals surface area contributed by atoms with Gasteiger partial charge in [0.25, 0.3) is 0 Å². The van der Waals surface area contributed by atoms with Gasteiger partial charge in [0.2, 0.25) is 0 Å². The molecule has 1 aromatic carbocycles. The summed E-state index contributed by atoms with van der Waals surface area (Å²) in [5.74, 6) is -1.89. The lowest BCUT2D eigenvalue weighted by Gasteiger charge is -2.09. The largest absolute Gasteiger partial charge is 0.505 e. The smallest absolute Gasteiger partial charge is 0.339 e. The highest BCUT2D eigenvalue weighted by atomic mass is 19.1. The molecule has 0 fully saturated rings. The zero-order valence-corrected chi connectivity index (χ0v) is 9.92. The highest BCUT2D eigenvalue weighted by Crippen LogP contribution is 2.31. The van der Waals surface area contributed by atoms with Gasteiger partial charge < -0.3 is 14.9 Å². The van der Waals surface area contributed by atoms with Crippen molar-refractivity contribution < 1.29 is 24.1 Å². The number of ether oxygens (including phenoxy) is 1. The Bertz CT molecular complexity index is 643. The van der Waals surface area contributed by atoms with E-state index in [0.717, 1.165) is 12.3 Å². The molecule has 0 aliphatic carbocycles. The number of carboxylic acids is 1. The minimum atomic E-state index is -1.29. The van der Waals surface area contributed by atoms with Crippen LogP contribution in [0.25, 0.3) is 11.3 Å². The third-order valence-corrected chi connectivity index (χ3v) is 2.55. The number of benzene rings is 1. The summed E-state index contributed by atoms with van der Waals surface area (Å²) in [5, 5.41) is 18.3. The van der Waals surface area contributed by atoms with Gasteiger partial charge in [0.1, 0.15) is 22.9 Å². The summed E-state index contributed by atoms with van der Waals surface area (Å²) in [4.78, 5) is 14.8. The van der Waals surface area contributed by atoms with Crippen molar-refractivity contribution in [3.63, 3.8) is 0 Å². The average Bonchev–Trinajstić information content (AvgIpc) is 2.39. The van der Waals surface area contributed by atoms with Gasteiger partial charge in [-0.1, -0.05) is 0 Å². The van der Waals surface area contributed by atoms with E-state index in [-0.39, 0.29) is 11.3 Å². The Hall–Kier alpha value is -2.63. The fraction of sp³-hybridized carbons (Fsp3) is 0.0769. The molecule has 2 N–H and O–H groups in total.